The number of carbonyl (C=O) groups is 1. The Morgan fingerprint density at radius 3 is 2.58 bits per heavy atom. The van der Waals surface area contributed by atoms with Crippen molar-refractivity contribution < 1.29 is 14.5 Å². The van der Waals surface area contributed by atoms with Gasteiger partial charge in [-0.05, 0) is 43.5 Å². The summed E-state index contributed by atoms with van der Waals surface area (Å²) in [6.45, 7) is 10.2. The fourth-order valence-corrected chi connectivity index (χ4v) is 3.99. The number of aryl methyl sites for hydroxylation is 3. The van der Waals surface area contributed by atoms with Gasteiger partial charge in [-0.25, -0.2) is 0 Å². The SMILES string of the molecule is C=CCn1c(COc2c(C)cccc2C)nnc1SCC(=O)Nc1ccc([N+](=O)[O-])cc1C. The number of rotatable bonds is 10. The smallest absolute Gasteiger partial charge is 0.269 e. The van der Waals surface area contributed by atoms with E-state index in [4.69, 9.17) is 4.74 Å². The summed E-state index contributed by atoms with van der Waals surface area (Å²) in [5.41, 5.74) is 3.20. The van der Waals surface area contributed by atoms with Crippen molar-refractivity contribution in [2.75, 3.05) is 11.1 Å². The van der Waals surface area contributed by atoms with Crippen molar-refractivity contribution >= 4 is 29.0 Å². The van der Waals surface area contributed by atoms with E-state index in [9.17, 15) is 14.9 Å². The molecule has 0 spiro atoms. The number of para-hydroxylation sites is 1. The van der Waals surface area contributed by atoms with Crippen LogP contribution in [0, 0.1) is 30.9 Å². The Morgan fingerprint density at radius 1 is 1.21 bits per heavy atom. The van der Waals surface area contributed by atoms with Crippen molar-refractivity contribution in [3.8, 4) is 5.75 Å². The molecule has 1 heterocycles. The number of amides is 1. The zero-order valence-corrected chi connectivity index (χ0v) is 19.5. The summed E-state index contributed by atoms with van der Waals surface area (Å²) in [6.07, 6.45) is 1.73. The highest BCUT2D eigenvalue weighted by Gasteiger charge is 2.16. The second kappa shape index (κ2) is 10.8. The van der Waals surface area contributed by atoms with Gasteiger partial charge in [-0.2, -0.15) is 0 Å². The first-order valence-corrected chi connectivity index (χ1v) is 11.2. The third-order valence-corrected chi connectivity index (χ3v) is 5.85. The Hall–Kier alpha value is -3.66. The Balaban J connectivity index is 1.65. The van der Waals surface area contributed by atoms with Gasteiger partial charge in [0.05, 0.1) is 10.7 Å². The van der Waals surface area contributed by atoms with Crippen molar-refractivity contribution in [2.24, 2.45) is 0 Å². The fraction of sp³-hybridized carbons (Fsp3) is 0.261. The molecule has 0 radical (unpaired) electrons. The lowest BCUT2D eigenvalue weighted by Crippen LogP contribution is -2.15. The molecule has 0 saturated carbocycles. The van der Waals surface area contributed by atoms with Crippen LogP contribution in [0.25, 0.3) is 0 Å². The third kappa shape index (κ3) is 5.98. The van der Waals surface area contributed by atoms with Gasteiger partial charge >= 0.3 is 0 Å². The predicted octanol–water partition coefficient (Wildman–Crippen LogP) is 4.61. The molecule has 1 amide bonds. The minimum absolute atomic E-state index is 0.0203. The van der Waals surface area contributed by atoms with Crippen LogP contribution in [0.1, 0.15) is 22.5 Å². The molecule has 2 aromatic carbocycles. The van der Waals surface area contributed by atoms with Crippen LogP contribution in [0.2, 0.25) is 0 Å². The summed E-state index contributed by atoms with van der Waals surface area (Å²) in [5, 5.41) is 22.7. The van der Waals surface area contributed by atoms with Crippen LogP contribution in [0.3, 0.4) is 0 Å². The number of thioether (sulfide) groups is 1. The number of hydrogen-bond acceptors (Lipinski definition) is 7. The van der Waals surface area contributed by atoms with Crippen LogP contribution in [-0.4, -0.2) is 31.3 Å². The highest BCUT2D eigenvalue weighted by molar-refractivity contribution is 7.99. The standard InChI is InChI=1S/C23H25N5O4S/c1-5-11-27-20(13-32-22-15(2)7-6-8-16(22)3)25-26-23(27)33-14-21(29)24-19-10-9-18(28(30)31)12-17(19)4/h5-10,12H,1,11,13-14H2,2-4H3,(H,24,29). The van der Waals surface area contributed by atoms with Crippen molar-refractivity contribution in [3.63, 3.8) is 0 Å². The van der Waals surface area contributed by atoms with Crippen LogP contribution in [0.5, 0.6) is 5.75 Å². The molecule has 0 aliphatic rings. The van der Waals surface area contributed by atoms with Gasteiger partial charge < -0.3 is 10.1 Å². The van der Waals surface area contributed by atoms with E-state index in [0.29, 0.717) is 28.8 Å². The van der Waals surface area contributed by atoms with E-state index >= 15 is 0 Å². The van der Waals surface area contributed by atoms with Gasteiger partial charge in [0.1, 0.15) is 12.4 Å². The molecular formula is C23H25N5O4S. The lowest BCUT2D eigenvalue weighted by Gasteiger charge is -2.13. The van der Waals surface area contributed by atoms with Crippen LogP contribution in [-0.2, 0) is 17.9 Å². The van der Waals surface area contributed by atoms with E-state index in [0.717, 1.165) is 16.9 Å². The van der Waals surface area contributed by atoms with E-state index in [-0.39, 0.29) is 24.0 Å². The number of ether oxygens (including phenoxy) is 1. The first kappa shape index (κ1) is 24.0. The van der Waals surface area contributed by atoms with Crippen LogP contribution in [0.15, 0.2) is 54.2 Å². The number of hydrogen-bond donors (Lipinski definition) is 1. The fourth-order valence-electron chi connectivity index (χ4n) is 3.23. The normalized spacial score (nSPS) is 10.6. The number of benzene rings is 2. The molecule has 0 unspecified atom stereocenters. The molecule has 0 atom stereocenters. The van der Waals surface area contributed by atoms with E-state index in [1.54, 1.807) is 13.0 Å². The minimum Gasteiger partial charge on any atom is -0.485 e. The number of nitro benzene ring substituents is 1. The number of carbonyl (C=O) groups excluding carboxylic acids is 1. The lowest BCUT2D eigenvalue weighted by atomic mass is 10.1. The van der Waals surface area contributed by atoms with Crippen molar-refractivity contribution in [2.45, 2.75) is 39.1 Å². The molecule has 9 nitrogen and oxygen atoms in total. The zero-order valence-electron chi connectivity index (χ0n) is 18.7. The van der Waals surface area contributed by atoms with Gasteiger partial charge in [-0.1, -0.05) is 36.0 Å². The summed E-state index contributed by atoms with van der Waals surface area (Å²) in [6, 6.07) is 10.3. The molecule has 33 heavy (non-hydrogen) atoms. The van der Waals surface area contributed by atoms with E-state index in [2.05, 4.69) is 22.1 Å². The molecule has 3 rings (SSSR count). The topological polar surface area (TPSA) is 112 Å². The van der Waals surface area contributed by atoms with Gasteiger partial charge in [0.25, 0.3) is 5.69 Å². The summed E-state index contributed by atoms with van der Waals surface area (Å²) in [7, 11) is 0. The summed E-state index contributed by atoms with van der Waals surface area (Å²) < 4.78 is 7.86. The van der Waals surface area contributed by atoms with Gasteiger partial charge in [-0.15, -0.1) is 16.8 Å². The minimum atomic E-state index is -0.470. The van der Waals surface area contributed by atoms with Gasteiger partial charge in [0.2, 0.25) is 5.91 Å². The zero-order chi connectivity index (χ0) is 24.0. The maximum absolute atomic E-state index is 12.5. The number of non-ortho nitro benzene ring substituents is 1. The number of nitrogens with one attached hydrogen (secondary N) is 1. The lowest BCUT2D eigenvalue weighted by molar-refractivity contribution is -0.384. The first-order chi connectivity index (χ1) is 15.8. The van der Waals surface area contributed by atoms with Crippen LogP contribution < -0.4 is 10.1 Å². The maximum atomic E-state index is 12.5. The number of nitrogens with zero attached hydrogens (tertiary/aromatic N) is 4. The molecule has 1 aromatic heterocycles. The molecule has 1 N–H and O–H groups in total. The van der Waals surface area contributed by atoms with Crippen LogP contribution >= 0.6 is 11.8 Å². The van der Waals surface area contributed by atoms with E-state index in [1.807, 2.05) is 36.6 Å². The van der Waals surface area contributed by atoms with Crippen molar-refractivity contribution in [1.82, 2.24) is 14.8 Å². The molecule has 172 valence electrons. The number of nitro groups is 1. The molecule has 10 heteroatoms. The van der Waals surface area contributed by atoms with Crippen molar-refractivity contribution in [1.29, 1.82) is 0 Å². The highest BCUT2D eigenvalue weighted by Crippen LogP contribution is 2.25. The maximum Gasteiger partial charge on any atom is 0.269 e. The third-order valence-electron chi connectivity index (χ3n) is 4.89. The second-order valence-electron chi connectivity index (χ2n) is 7.40. The average Bonchev–Trinajstić information content (AvgIpc) is 3.15. The Kier molecular flexibility index (Phi) is 7.83. The van der Waals surface area contributed by atoms with Crippen molar-refractivity contribution in [3.05, 3.63) is 81.7 Å². The highest BCUT2D eigenvalue weighted by atomic mass is 32.2. The summed E-state index contributed by atoms with van der Waals surface area (Å²) >= 11 is 1.24. The van der Waals surface area contributed by atoms with Crippen LogP contribution in [0.4, 0.5) is 11.4 Å². The number of anilines is 1. The molecular weight excluding hydrogens is 442 g/mol. The van der Waals surface area contributed by atoms with Gasteiger partial charge in [0.15, 0.2) is 11.0 Å². The number of aromatic nitrogens is 3. The predicted molar refractivity (Wildman–Crippen MR) is 128 cm³/mol. The van der Waals surface area contributed by atoms with Gasteiger partial charge in [-0.3, -0.25) is 19.5 Å². The Labute approximate surface area is 196 Å². The first-order valence-electron chi connectivity index (χ1n) is 10.2. The monoisotopic (exact) mass is 467 g/mol. The quantitative estimate of drug-likeness (QED) is 0.201. The Bertz CT molecular complexity index is 1170. The Morgan fingerprint density at radius 2 is 1.94 bits per heavy atom. The average molecular weight is 468 g/mol. The molecule has 0 fully saturated rings. The molecule has 0 aliphatic carbocycles. The van der Waals surface area contributed by atoms with Gasteiger partial charge in [0, 0.05) is 24.4 Å². The summed E-state index contributed by atoms with van der Waals surface area (Å²) in [5.74, 6) is 1.30. The largest absolute Gasteiger partial charge is 0.485 e. The molecule has 3 aromatic rings. The van der Waals surface area contributed by atoms with E-state index in [1.165, 1.54) is 30.0 Å². The molecule has 0 bridgehead atoms. The molecule has 0 aliphatic heterocycles. The molecule has 0 saturated heterocycles. The van der Waals surface area contributed by atoms with E-state index < -0.39 is 4.92 Å². The summed E-state index contributed by atoms with van der Waals surface area (Å²) in [4.78, 5) is 22.9. The second-order valence-corrected chi connectivity index (χ2v) is 8.34. The number of allylic oxidation sites excluding steroid dienone is 1.